The van der Waals surface area contributed by atoms with Gasteiger partial charge in [0.1, 0.15) is 0 Å². The number of carbonyl (C=O) groups excluding carboxylic acids is 1. The monoisotopic (exact) mass is 258 g/mol. The molecule has 0 fully saturated rings. The van der Waals surface area contributed by atoms with Crippen LogP contribution in [0.15, 0.2) is 0 Å². The van der Waals surface area contributed by atoms with Gasteiger partial charge in [0.15, 0.2) is 0 Å². The van der Waals surface area contributed by atoms with Crippen LogP contribution in [0, 0.1) is 0 Å². The molecule has 1 aromatic heterocycles. The molecule has 0 saturated heterocycles. The molecule has 0 aliphatic carbocycles. The largest absolute Gasteiger partial charge is 0.383 e. The molecule has 1 rings (SSSR count). The molecule has 96 valence electrons. The Morgan fingerprint density at radius 1 is 1.53 bits per heavy atom. The van der Waals surface area contributed by atoms with Crippen molar-refractivity contribution in [1.82, 2.24) is 15.5 Å². The van der Waals surface area contributed by atoms with Gasteiger partial charge in [0, 0.05) is 14.2 Å². The lowest BCUT2D eigenvalue weighted by molar-refractivity contribution is 0.0890. The van der Waals surface area contributed by atoms with E-state index in [0.717, 1.165) is 12.8 Å². The molecule has 17 heavy (non-hydrogen) atoms. The molecule has 1 heterocycles. The number of aromatic nitrogens is 2. The molecule has 6 nitrogen and oxygen atoms in total. The summed E-state index contributed by atoms with van der Waals surface area (Å²) in [5.74, 6) is -0.195. The third-order valence-corrected chi connectivity index (χ3v) is 3.11. The summed E-state index contributed by atoms with van der Waals surface area (Å²) in [5, 5.41) is 14.4. The van der Waals surface area contributed by atoms with Gasteiger partial charge in [0.05, 0.1) is 12.6 Å². The lowest BCUT2D eigenvalue weighted by atomic mass is 10.2. The molecule has 0 radical (unpaired) electrons. The summed E-state index contributed by atoms with van der Waals surface area (Å²) in [6, 6.07) is 0.0273. The SMILES string of the molecule is CCCC(COC)NC(=O)c1nnc(NC)s1. The molecule has 2 N–H and O–H groups in total. The fourth-order valence-corrected chi connectivity index (χ4v) is 2.01. The summed E-state index contributed by atoms with van der Waals surface area (Å²) < 4.78 is 5.06. The standard InChI is InChI=1S/C10H18N4O2S/c1-4-5-7(6-16-3)12-8(15)9-13-14-10(11-2)17-9/h7H,4-6H2,1-3H3,(H,11,14)(H,12,15). The van der Waals surface area contributed by atoms with Crippen molar-refractivity contribution in [1.29, 1.82) is 0 Å². The molecular formula is C10H18N4O2S. The van der Waals surface area contributed by atoms with Gasteiger partial charge in [-0.3, -0.25) is 4.79 Å². The Hall–Kier alpha value is -1.21. The number of methoxy groups -OCH3 is 1. The van der Waals surface area contributed by atoms with Crippen molar-refractivity contribution in [3.8, 4) is 0 Å². The average molecular weight is 258 g/mol. The quantitative estimate of drug-likeness (QED) is 0.766. The third kappa shape index (κ3) is 4.27. The van der Waals surface area contributed by atoms with Crippen molar-refractivity contribution in [2.24, 2.45) is 0 Å². The van der Waals surface area contributed by atoms with E-state index in [9.17, 15) is 4.79 Å². The Morgan fingerprint density at radius 3 is 2.82 bits per heavy atom. The maximum absolute atomic E-state index is 11.8. The zero-order valence-corrected chi connectivity index (χ0v) is 11.1. The number of hydrogen-bond acceptors (Lipinski definition) is 6. The van der Waals surface area contributed by atoms with Crippen molar-refractivity contribution in [2.45, 2.75) is 25.8 Å². The van der Waals surface area contributed by atoms with Crippen LogP contribution in [0.4, 0.5) is 5.13 Å². The van der Waals surface area contributed by atoms with E-state index in [1.807, 2.05) is 0 Å². The minimum Gasteiger partial charge on any atom is -0.383 e. The Labute approximate surface area is 105 Å². The van der Waals surface area contributed by atoms with Gasteiger partial charge in [-0.05, 0) is 6.42 Å². The van der Waals surface area contributed by atoms with Crippen LogP contribution < -0.4 is 10.6 Å². The van der Waals surface area contributed by atoms with E-state index in [4.69, 9.17) is 4.74 Å². The lowest BCUT2D eigenvalue weighted by Crippen LogP contribution is -2.37. The van der Waals surface area contributed by atoms with Crippen LogP contribution in [-0.4, -0.2) is 42.9 Å². The first-order valence-corrected chi connectivity index (χ1v) is 6.34. The fraction of sp³-hybridized carbons (Fsp3) is 0.700. The number of nitrogens with zero attached hydrogens (tertiary/aromatic N) is 2. The smallest absolute Gasteiger partial charge is 0.282 e. The van der Waals surface area contributed by atoms with Gasteiger partial charge in [0.2, 0.25) is 10.1 Å². The van der Waals surface area contributed by atoms with E-state index < -0.39 is 0 Å². The summed E-state index contributed by atoms with van der Waals surface area (Å²) in [6.07, 6.45) is 1.88. The highest BCUT2D eigenvalue weighted by Gasteiger charge is 2.16. The van der Waals surface area contributed by atoms with Crippen molar-refractivity contribution >= 4 is 22.4 Å². The zero-order valence-electron chi connectivity index (χ0n) is 10.3. The number of ether oxygens (including phenoxy) is 1. The highest BCUT2D eigenvalue weighted by Crippen LogP contribution is 2.14. The highest BCUT2D eigenvalue weighted by molar-refractivity contribution is 7.17. The van der Waals surface area contributed by atoms with Gasteiger partial charge in [-0.15, -0.1) is 10.2 Å². The van der Waals surface area contributed by atoms with Crippen LogP contribution in [0.2, 0.25) is 0 Å². The van der Waals surface area contributed by atoms with Crippen LogP contribution in [-0.2, 0) is 4.74 Å². The first-order chi connectivity index (χ1) is 8.21. The summed E-state index contributed by atoms with van der Waals surface area (Å²) in [5.41, 5.74) is 0. The van der Waals surface area contributed by atoms with E-state index in [1.54, 1.807) is 14.2 Å². The van der Waals surface area contributed by atoms with Gasteiger partial charge >= 0.3 is 0 Å². The van der Waals surface area contributed by atoms with Gasteiger partial charge in [-0.1, -0.05) is 24.7 Å². The predicted octanol–water partition coefficient (Wildman–Crippen LogP) is 1.12. The molecule has 1 amide bonds. The topological polar surface area (TPSA) is 76.1 Å². The summed E-state index contributed by atoms with van der Waals surface area (Å²) in [7, 11) is 3.37. The number of carbonyl (C=O) groups is 1. The molecule has 0 bridgehead atoms. The van der Waals surface area contributed by atoms with Crippen LogP contribution >= 0.6 is 11.3 Å². The fourth-order valence-electron chi connectivity index (χ4n) is 1.41. The maximum atomic E-state index is 11.8. The first kappa shape index (κ1) is 13.9. The Morgan fingerprint density at radius 2 is 2.29 bits per heavy atom. The van der Waals surface area contributed by atoms with E-state index >= 15 is 0 Å². The zero-order chi connectivity index (χ0) is 12.7. The highest BCUT2D eigenvalue weighted by atomic mass is 32.1. The van der Waals surface area contributed by atoms with Crippen LogP contribution in [0.25, 0.3) is 0 Å². The molecule has 0 aromatic carbocycles. The van der Waals surface area contributed by atoms with Crippen molar-refractivity contribution in [3.05, 3.63) is 5.01 Å². The molecule has 0 saturated carbocycles. The molecule has 0 aliphatic heterocycles. The second kappa shape index (κ2) is 7.18. The molecule has 0 spiro atoms. The minimum atomic E-state index is -0.195. The van der Waals surface area contributed by atoms with Gasteiger partial charge in [-0.25, -0.2) is 0 Å². The summed E-state index contributed by atoms with van der Waals surface area (Å²) in [4.78, 5) is 11.8. The number of nitrogens with one attached hydrogen (secondary N) is 2. The Bertz CT molecular complexity index is 350. The lowest BCUT2D eigenvalue weighted by Gasteiger charge is -2.15. The number of hydrogen-bond donors (Lipinski definition) is 2. The maximum Gasteiger partial charge on any atom is 0.282 e. The second-order valence-corrected chi connectivity index (χ2v) is 4.55. The van der Waals surface area contributed by atoms with E-state index in [-0.39, 0.29) is 11.9 Å². The molecular weight excluding hydrogens is 240 g/mol. The van der Waals surface area contributed by atoms with Crippen LogP contribution in [0.1, 0.15) is 29.6 Å². The van der Waals surface area contributed by atoms with E-state index in [2.05, 4.69) is 27.8 Å². The van der Waals surface area contributed by atoms with Crippen molar-refractivity contribution in [3.63, 3.8) is 0 Å². The average Bonchev–Trinajstić information content (AvgIpc) is 2.78. The normalized spacial score (nSPS) is 12.2. The Kier molecular flexibility index (Phi) is 5.85. The van der Waals surface area contributed by atoms with Crippen molar-refractivity contribution < 1.29 is 9.53 Å². The molecule has 7 heteroatoms. The summed E-state index contributed by atoms with van der Waals surface area (Å²) >= 11 is 1.23. The van der Waals surface area contributed by atoms with Gasteiger partial charge < -0.3 is 15.4 Å². The molecule has 0 aliphatic rings. The molecule has 1 aromatic rings. The third-order valence-electron chi connectivity index (χ3n) is 2.17. The van der Waals surface area contributed by atoms with E-state index in [1.165, 1.54) is 11.3 Å². The predicted molar refractivity (Wildman–Crippen MR) is 67.5 cm³/mol. The van der Waals surface area contributed by atoms with Gasteiger partial charge in [-0.2, -0.15) is 0 Å². The summed E-state index contributed by atoms with van der Waals surface area (Å²) in [6.45, 7) is 2.58. The number of amides is 1. The number of rotatable bonds is 7. The van der Waals surface area contributed by atoms with Gasteiger partial charge in [0.25, 0.3) is 5.91 Å². The minimum absolute atomic E-state index is 0.0273. The number of anilines is 1. The van der Waals surface area contributed by atoms with Crippen LogP contribution in [0.5, 0.6) is 0 Å². The molecule has 1 atom stereocenters. The van der Waals surface area contributed by atoms with E-state index in [0.29, 0.717) is 16.7 Å². The van der Waals surface area contributed by atoms with Crippen LogP contribution in [0.3, 0.4) is 0 Å². The molecule has 1 unspecified atom stereocenters. The Balaban J connectivity index is 2.56. The second-order valence-electron chi connectivity index (χ2n) is 3.58. The van der Waals surface area contributed by atoms with Crippen molar-refractivity contribution in [2.75, 3.05) is 26.1 Å². The first-order valence-electron chi connectivity index (χ1n) is 5.52.